The van der Waals surface area contributed by atoms with Gasteiger partial charge in [-0.25, -0.2) is 0 Å². The number of rotatable bonds is 5. The van der Waals surface area contributed by atoms with Crippen molar-refractivity contribution < 1.29 is 4.79 Å². The highest BCUT2D eigenvalue weighted by molar-refractivity contribution is 6.30. The molecule has 3 aromatic rings. The minimum absolute atomic E-state index is 0.0464. The summed E-state index contributed by atoms with van der Waals surface area (Å²) in [6.45, 7) is 3.98. The molecule has 1 aliphatic heterocycles. The predicted octanol–water partition coefficient (Wildman–Crippen LogP) is 5.49. The number of aromatic nitrogens is 1. The van der Waals surface area contributed by atoms with Crippen LogP contribution in [0.1, 0.15) is 19.8 Å². The van der Waals surface area contributed by atoms with E-state index in [1.165, 1.54) is 12.8 Å². The van der Waals surface area contributed by atoms with Crippen molar-refractivity contribution in [2.45, 2.75) is 25.8 Å². The van der Waals surface area contributed by atoms with Crippen LogP contribution in [-0.2, 0) is 4.79 Å². The van der Waals surface area contributed by atoms with Gasteiger partial charge >= 0.3 is 0 Å². The molecule has 2 aromatic carbocycles. The van der Waals surface area contributed by atoms with Gasteiger partial charge in [0.2, 0.25) is 5.91 Å². The number of hydrogen-bond acceptors (Lipinski definition) is 3. The van der Waals surface area contributed by atoms with Crippen LogP contribution in [-0.4, -0.2) is 34.9 Å². The Balaban J connectivity index is 1.42. The summed E-state index contributed by atoms with van der Waals surface area (Å²) in [6.07, 6.45) is 4.22. The fraction of sp³-hybridized carbons (Fsp3) is 0.250. The molecule has 1 aliphatic rings. The Morgan fingerprint density at radius 2 is 1.55 bits per heavy atom. The number of nitrogens with one attached hydrogen (secondary N) is 1. The zero-order valence-electron chi connectivity index (χ0n) is 16.4. The smallest absolute Gasteiger partial charge is 0.241 e. The zero-order chi connectivity index (χ0) is 20.2. The van der Waals surface area contributed by atoms with Gasteiger partial charge in [0.15, 0.2) is 0 Å². The highest BCUT2D eigenvalue weighted by Crippen LogP contribution is 2.25. The Labute approximate surface area is 176 Å². The Morgan fingerprint density at radius 3 is 2.17 bits per heavy atom. The van der Waals surface area contributed by atoms with Crippen molar-refractivity contribution in [3.63, 3.8) is 0 Å². The first-order chi connectivity index (χ1) is 14.1. The minimum Gasteiger partial charge on any atom is -0.325 e. The molecule has 4 nitrogen and oxygen atoms in total. The Morgan fingerprint density at radius 1 is 0.931 bits per heavy atom. The first-order valence-electron chi connectivity index (χ1n) is 9.97. The highest BCUT2D eigenvalue weighted by atomic mass is 35.5. The summed E-state index contributed by atoms with van der Waals surface area (Å²) in [7, 11) is 0. The van der Waals surface area contributed by atoms with Crippen LogP contribution in [0.3, 0.4) is 0 Å². The van der Waals surface area contributed by atoms with Crippen molar-refractivity contribution in [2.75, 3.05) is 18.4 Å². The lowest BCUT2D eigenvalue weighted by Crippen LogP contribution is -2.40. The second kappa shape index (κ2) is 8.76. The summed E-state index contributed by atoms with van der Waals surface area (Å²) < 4.78 is 0. The summed E-state index contributed by atoms with van der Waals surface area (Å²) in [4.78, 5) is 19.3. The van der Waals surface area contributed by atoms with E-state index in [4.69, 9.17) is 11.6 Å². The number of likely N-dealkylation sites (tertiary alicyclic amines) is 1. The first kappa shape index (κ1) is 19.6. The molecule has 0 radical (unpaired) electrons. The third-order valence-corrected chi connectivity index (χ3v) is 5.71. The number of amides is 1. The lowest BCUT2D eigenvalue weighted by Gasteiger charge is -2.22. The summed E-state index contributed by atoms with van der Waals surface area (Å²) in [5.74, 6) is 0.0464. The average Bonchev–Trinajstić information content (AvgIpc) is 3.29. The lowest BCUT2D eigenvalue weighted by atomic mass is 10.1. The van der Waals surface area contributed by atoms with Gasteiger partial charge in [-0.15, -0.1) is 0 Å². The van der Waals surface area contributed by atoms with Gasteiger partial charge in [-0.2, -0.15) is 0 Å². The number of nitrogens with zero attached hydrogens (tertiary/aromatic N) is 2. The number of pyridine rings is 1. The van der Waals surface area contributed by atoms with Gasteiger partial charge in [-0.3, -0.25) is 14.7 Å². The van der Waals surface area contributed by atoms with E-state index in [9.17, 15) is 4.79 Å². The molecule has 0 bridgehead atoms. The fourth-order valence-electron chi connectivity index (χ4n) is 3.64. The second-order valence-corrected chi connectivity index (χ2v) is 7.86. The maximum absolute atomic E-state index is 12.5. The zero-order valence-corrected chi connectivity index (χ0v) is 17.2. The molecule has 0 saturated carbocycles. The molecule has 5 heteroatoms. The third kappa shape index (κ3) is 4.66. The third-order valence-electron chi connectivity index (χ3n) is 5.46. The van der Waals surface area contributed by atoms with E-state index in [0.717, 1.165) is 46.2 Å². The van der Waals surface area contributed by atoms with Crippen molar-refractivity contribution in [1.29, 1.82) is 0 Å². The van der Waals surface area contributed by atoms with Crippen LogP contribution in [0.2, 0.25) is 5.02 Å². The molecule has 2 heterocycles. The molecule has 0 spiro atoms. The maximum atomic E-state index is 12.5. The first-order valence-corrected chi connectivity index (χ1v) is 10.4. The standard InChI is InChI=1S/C24H24ClN3O/c1-17(28-14-2-3-15-28)24(29)27-22-11-6-19(7-12-22)23-13-8-20(16-26-23)18-4-9-21(25)10-5-18/h4-13,16-17H,2-3,14-15H2,1H3,(H,27,29). The van der Waals surface area contributed by atoms with Gasteiger partial charge in [0.25, 0.3) is 0 Å². The average molecular weight is 406 g/mol. The van der Waals surface area contributed by atoms with E-state index in [-0.39, 0.29) is 11.9 Å². The molecule has 1 unspecified atom stereocenters. The fourth-order valence-corrected chi connectivity index (χ4v) is 3.77. The molecule has 4 rings (SSSR count). The quantitative estimate of drug-likeness (QED) is 0.610. The monoisotopic (exact) mass is 405 g/mol. The van der Waals surface area contributed by atoms with Crippen LogP contribution in [0.25, 0.3) is 22.4 Å². The van der Waals surface area contributed by atoms with Gasteiger partial charge in [0.1, 0.15) is 0 Å². The number of carbonyl (C=O) groups is 1. The molecule has 1 amide bonds. The molecule has 1 aromatic heterocycles. The van der Waals surface area contributed by atoms with Gasteiger partial charge in [0, 0.05) is 28.0 Å². The van der Waals surface area contributed by atoms with Gasteiger partial charge in [0.05, 0.1) is 11.7 Å². The molecule has 29 heavy (non-hydrogen) atoms. The van der Waals surface area contributed by atoms with Crippen molar-refractivity contribution in [1.82, 2.24) is 9.88 Å². The van der Waals surface area contributed by atoms with E-state index in [0.29, 0.717) is 0 Å². The van der Waals surface area contributed by atoms with E-state index in [2.05, 4.69) is 21.3 Å². The molecule has 148 valence electrons. The van der Waals surface area contributed by atoms with Crippen LogP contribution in [0.15, 0.2) is 66.9 Å². The van der Waals surface area contributed by atoms with Gasteiger partial charge in [-0.05, 0) is 68.8 Å². The van der Waals surface area contributed by atoms with Crippen LogP contribution in [0, 0.1) is 0 Å². The number of halogens is 1. The Bertz CT molecular complexity index is 963. The van der Waals surface area contributed by atoms with Gasteiger partial charge in [-0.1, -0.05) is 41.9 Å². The van der Waals surface area contributed by atoms with Crippen molar-refractivity contribution in [3.8, 4) is 22.4 Å². The van der Waals surface area contributed by atoms with E-state index >= 15 is 0 Å². The number of hydrogen-bond donors (Lipinski definition) is 1. The Kier molecular flexibility index (Phi) is 5.93. The molecule has 1 N–H and O–H groups in total. The Hall–Kier alpha value is -2.69. The van der Waals surface area contributed by atoms with E-state index < -0.39 is 0 Å². The van der Waals surface area contributed by atoms with Crippen molar-refractivity contribution in [2.24, 2.45) is 0 Å². The second-order valence-electron chi connectivity index (χ2n) is 7.42. The SMILES string of the molecule is CC(C(=O)Nc1ccc(-c2ccc(-c3ccc(Cl)cc3)cn2)cc1)N1CCCC1. The topological polar surface area (TPSA) is 45.2 Å². The summed E-state index contributed by atoms with van der Waals surface area (Å²) in [6, 6.07) is 19.5. The van der Waals surface area contributed by atoms with E-state index in [1.54, 1.807) is 0 Å². The molecule has 1 saturated heterocycles. The molecule has 1 fully saturated rings. The molecular weight excluding hydrogens is 382 g/mol. The minimum atomic E-state index is -0.0979. The maximum Gasteiger partial charge on any atom is 0.241 e. The normalized spacial score (nSPS) is 15.2. The summed E-state index contributed by atoms with van der Waals surface area (Å²) in [5.41, 5.74) is 4.84. The number of benzene rings is 2. The number of anilines is 1. The lowest BCUT2D eigenvalue weighted by molar-refractivity contribution is -0.120. The van der Waals surface area contributed by atoms with Crippen molar-refractivity contribution >= 4 is 23.2 Å². The van der Waals surface area contributed by atoms with Crippen LogP contribution in [0.4, 0.5) is 5.69 Å². The van der Waals surface area contributed by atoms with Crippen LogP contribution >= 0.6 is 11.6 Å². The molecule has 1 atom stereocenters. The predicted molar refractivity (Wildman–Crippen MR) is 119 cm³/mol. The molecular formula is C24H24ClN3O. The van der Waals surface area contributed by atoms with Crippen molar-refractivity contribution in [3.05, 3.63) is 71.9 Å². The van der Waals surface area contributed by atoms with Gasteiger partial charge < -0.3 is 5.32 Å². The van der Waals surface area contributed by atoms with Crippen LogP contribution in [0.5, 0.6) is 0 Å². The summed E-state index contributed by atoms with van der Waals surface area (Å²) in [5, 5.41) is 3.74. The highest BCUT2D eigenvalue weighted by Gasteiger charge is 2.23. The summed E-state index contributed by atoms with van der Waals surface area (Å²) >= 11 is 5.95. The van der Waals surface area contributed by atoms with Crippen LogP contribution < -0.4 is 5.32 Å². The molecule has 0 aliphatic carbocycles. The van der Waals surface area contributed by atoms with E-state index in [1.807, 2.05) is 67.7 Å². The number of carbonyl (C=O) groups excluding carboxylic acids is 1. The largest absolute Gasteiger partial charge is 0.325 e.